The molecule has 0 amide bonds. The van der Waals surface area contributed by atoms with Crippen molar-refractivity contribution in [2.75, 3.05) is 0 Å². The molecule has 4 saturated carbocycles. The second kappa shape index (κ2) is 8.39. The summed E-state index contributed by atoms with van der Waals surface area (Å²) < 4.78 is 0. The Labute approximate surface area is 185 Å². The molecule has 4 rings (SSSR count). The SMILES string of the molecule is CC(C)CCC[C@@H](C)[C@@H]1CC[C@@H]2[C@@H]3CC[C@H]4C[C@H]([N+](=O)[O-])CC[C@]4(C)[C@@H]3CC[C@]21C. The Morgan fingerprint density at radius 1 is 0.900 bits per heavy atom. The highest BCUT2D eigenvalue weighted by atomic mass is 16.6. The van der Waals surface area contributed by atoms with Crippen molar-refractivity contribution in [3.05, 3.63) is 10.1 Å². The third kappa shape index (κ3) is 3.75. The van der Waals surface area contributed by atoms with Crippen molar-refractivity contribution in [3.63, 3.8) is 0 Å². The van der Waals surface area contributed by atoms with Gasteiger partial charge in [-0.1, -0.05) is 53.9 Å². The van der Waals surface area contributed by atoms with Crippen LogP contribution in [0.1, 0.15) is 112 Å². The zero-order valence-corrected chi connectivity index (χ0v) is 20.4. The van der Waals surface area contributed by atoms with Gasteiger partial charge in [-0.2, -0.15) is 0 Å². The summed E-state index contributed by atoms with van der Waals surface area (Å²) in [6.07, 6.45) is 15.3. The highest BCUT2D eigenvalue weighted by Gasteiger charge is 2.61. The van der Waals surface area contributed by atoms with E-state index in [1.165, 1.54) is 57.8 Å². The highest BCUT2D eigenvalue weighted by Crippen LogP contribution is 2.68. The molecule has 0 bridgehead atoms. The minimum atomic E-state index is -0.268. The van der Waals surface area contributed by atoms with E-state index in [9.17, 15) is 10.1 Å². The lowest BCUT2D eigenvalue weighted by Gasteiger charge is -2.60. The summed E-state index contributed by atoms with van der Waals surface area (Å²) in [4.78, 5) is 11.4. The van der Waals surface area contributed by atoms with Gasteiger partial charge in [0.05, 0.1) is 0 Å². The summed E-state index contributed by atoms with van der Waals surface area (Å²) in [5, 5.41) is 11.4. The van der Waals surface area contributed by atoms with E-state index in [2.05, 4.69) is 34.6 Å². The summed E-state index contributed by atoms with van der Waals surface area (Å²) in [7, 11) is 0. The number of hydrogen-bond acceptors (Lipinski definition) is 2. The fourth-order valence-corrected chi connectivity index (χ4v) is 9.45. The van der Waals surface area contributed by atoms with Crippen LogP contribution >= 0.6 is 0 Å². The lowest BCUT2D eigenvalue weighted by atomic mass is 9.44. The Balaban J connectivity index is 1.45. The molecule has 172 valence electrons. The standard InChI is InChI=1S/C27H47NO2/c1-18(2)7-6-8-19(3)23-11-12-24-22-10-9-20-17-21(28(29)30)13-15-26(20,4)25(22)14-16-27(23,24)5/h18-25H,6-17H2,1-5H3/t19-,20+,21-,22+,23+,24-,25-,26+,27+/m1/s1. The molecule has 3 heteroatoms. The van der Waals surface area contributed by atoms with Gasteiger partial charge in [-0.25, -0.2) is 0 Å². The molecule has 0 spiro atoms. The van der Waals surface area contributed by atoms with Gasteiger partial charge in [0.15, 0.2) is 0 Å². The molecule has 9 atom stereocenters. The monoisotopic (exact) mass is 417 g/mol. The number of rotatable bonds is 6. The average Bonchev–Trinajstić information content (AvgIpc) is 3.04. The minimum absolute atomic E-state index is 0.0197. The van der Waals surface area contributed by atoms with E-state index in [-0.39, 0.29) is 11.0 Å². The van der Waals surface area contributed by atoms with Crippen molar-refractivity contribution in [3.8, 4) is 0 Å². The highest BCUT2D eigenvalue weighted by molar-refractivity contribution is 5.09. The molecule has 0 saturated heterocycles. The lowest BCUT2D eigenvalue weighted by molar-refractivity contribution is -0.531. The van der Waals surface area contributed by atoms with Crippen molar-refractivity contribution in [2.45, 2.75) is 118 Å². The van der Waals surface area contributed by atoms with Gasteiger partial charge in [-0.05, 0) is 97.2 Å². The Morgan fingerprint density at radius 2 is 1.60 bits per heavy atom. The predicted molar refractivity (Wildman–Crippen MR) is 124 cm³/mol. The van der Waals surface area contributed by atoms with Crippen LogP contribution in [0.5, 0.6) is 0 Å². The maximum absolute atomic E-state index is 11.4. The second-order valence-corrected chi connectivity index (χ2v) is 12.9. The Kier molecular flexibility index (Phi) is 6.32. The molecule has 0 radical (unpaired) electrons. The topological polar surface area (TPSA) is 43.1 Å². The Bertz CT molecular complexity index is 632. The van der Waals surface area contributed by atoms with Crippen molar-refractivity contribution < 1.29 is 4.92 Å². The van der Waals surface area contributed by atoms with E-state index in [0.29, 0.717) is 16.7 Å². The molecule has 0 heterocycles. The lowest BCUT2D eigenvalue weighted by Crippen LogP contribution is -2.54. The van der Waals surface area contributed by atoms with Crippen molar-refractivity contribution >= 4 is 0 Å². The number of nitrogens with zero attached hydrogens (tertiary/aromatic N) is 1. The summed E-state index contributed by atoms with van der Waals surface area (Å²) in [5.74, 6) is 5.87. The van der Waals surface area contributed by atoms with Crippen LogP contribution in [0.15, 0.2) is 0 Å². The van der Waals surface area contributed by atoms with Crippen LogP contribution in [0.3, 0.4) is 0 Å². The quantitative estimate of drug-likeness (QED) is 0.327. The normalized spacial score (nSPS) is 46.7. The van der Waals surface area contributed by atoms with E-state index in [4.69, 9.17) is 0 Å². The van der Waals surface area contributed by atoms with E-state index >= 15 is 0 Å². The van der Waals surface area contributed by atoms with Gasteiger partial charge in [0.25, 0.3) is 0 Å². The summed E-state index contributed by atoms with van der Waals surface area (Å²) in [6, 6.07) is -0.268. The molecule has 3 nitrogen and oxygen atoms in total. The first kappa shape index (κ1) is 22.6. The molecule has 0 N–H and O–H groups in total. The maximum Gasteiger partial charge on any atom is 0.213 e. The molecule has 0 aromatic carbocycles. The van der Waals surface area contributed by atoms with Gasteiger partial charge in [-0.15, -0.1) is 0 Å². The molecule has 30 heavy (non-hydrogen) atoms. The molecule has 4 fully saturated rings. The van der Waals surface area contributed by atoms with Gasteiger partial charge in [-0.3, -0.25) is 10.1 Å². The molecule has 0 aromatic heterocycles. The van der Waals surface area contributed by atoms with Crippen LogP contribution in [-0.2, 0) is 0 Å². The molecule has 4 aliphatic rings. The van der Waals surface area contributed by atoms with Crippen molar-refractivity contribution in [2.24, 2.45) is 52.3 Å². The number of fused-ring (bicyclic) bond motifs is 5. The zero-order valence-electron chi connectivity index (χ0n) is 20.4. The van der Waals surface area contributed by atoms with Crippen LogP contribution in [-0.4, -0.2) is 11.0 Å². The smallest absolute Gasteiger partial charge is 0.213 e. The molecular formula is C27H47NO2. The van der Waals surface area contributed by atoms with Crippen LogP contribution in [0.4, 0.5) is 0 Å². The van der Waals surface area contributed by atoms with Gasteiger partial charge in [0.1, 0.15) is 0 Å². The summed E-state index contributed by atoms with van der Waals surface area (Å²) in [5.41, 5.74) is 0.928. The van der Waals surface area contributed by atoms with Gasteiger partial charge < -0.3 is 0 Å². The van der Waals surface area contributed by atoms with Gasteiger partial charge in [0, 0.05) is 17.8 Å². The molecular weight excluding hydrogens is 370 g/mol. The zero-order chi connectivity index (χ0) is 21.7. The predicted octanol–water partition coefficient (Wildman–Crippen LogP) is 7.75. The van der Waals surface area contributed by atoms with Crippen LogP contribution in [0, 0.1) is 62.4 Å². The Morgan fingerprint density at radius 3 is 2.30 bits per heavy atom. The van der Waals surface area contributed by atoms with E-state index in [1.807, 2.05) is 0 Å². The first-order valence-electron chi connectivity index (χ1n) is 13.3. The molecule has 0 aliphatic heterocycles. The molecule has 0 unspecified atom stereocenters. The van der Waals surface area contributed by atoms with Gasteiger partial charge in [0.2, 0.25) is 6.04 Å². The number of nitro groups is 1. The number of hydrogen-bond donors (Lipinski definition) is 0. The molecule has 0 aromatic rings. The van der Waals surface area contributed by atoms with Crippen LogP contribution in [0.2, 0.25) is 0 Å². The van der Waals surface area contributed by atoms with E-state index < -0.39 is 0 Å². The first-order valence-corrected chi connectivity index (χ1v) is 13.3. The van der Waals surface area contributed by atoms with Crippen molar-refractivity contribution in [1.82, 2.24) is 0 Å². The van der Waals surface area contributed by atoms with Crippen molar-refractivity contribution in [1.29, 1.82) is 0 Å². The van der Waals surface area contributed by atoms with Gasteiger partial charge >= 0.3 is 0 Å². The summed E-state index contributed by atoms with van der Waals surface area (Å²) >= 11 is 0. The first-order chi connectivity index (χ1) is 14.2. The summed E-state index contributed by atoms with van der Waals surface area (Å²) in [6.45, 7) is 12.5. The fraction of sp³-hybridized carbons (Fsp3) is 1.00. The third-order valence-electron chi connectivity index (χ3n) is 11.1. The largest absolute Gasteiger partial charge is 0.264 e. The fourth-order valence-electron chi connectivity index (χ4n) is 9.45. The maximum atomic E-state index is 11.4. The van der Waals surface area contributed by atoms with Crippen LogP contribution < -0.4 is 0 Å². The van der Waals surface area contributed by atoms with E-state index in [1.54, 1.807) is 0 Å². The van der Waals surface area contributed by atoms with Crippen LogP contribution in [0.25, 0.3) is 0 Å². The van der Waals surface area contributed by atoms with E-state index in [0.717, 1.165) is 54.8 Å². The third-order valence-corrected chi connectivity index (χ3v) is 11.1. The molecule has 4 aliphatic carbocycles. The minimum Gasteiger partial charge on any atom is -0.264 e. The Hall–Kier alpha value is -0.600. The average molecular weight is 418 g/mol. The second-order valence-electron chi connectivity index (χ2n) is 12.9.